The average Bonchev–Trinajstić information content (AvgIpc) is 2.60. The molecule has 0 aliphatic rings. The number of alkyl halides is 3. The Balaban J connectivity index is 2.38. The van der Waals surface area contributed by atoms with Crippen molar-refractivity contribution in [2.24, 2.45) is 0 Å². The summed E-state index contributed by atoms with van der Waals surface area (Å²) in [6.07, 6.45) is -3.32. The molecule has 29 heavy (non-hydrogen) atoms. The number of nitrogens with zero attached hydrogens (tertiary/aromatic N) is 1. The molecule has 2 rings (SSSR count). The average molecular weight is 449 g/mol. The van der Waals surface area contributed by atoms with Crippen LogP contribution in [0.15, 0.2) is 36.4 Å². The predicted octanol–water partition coefficient (Wildman–Crippen LogP) is 4.63. The van der Waals surface area contributed by atoms with E-state index in [0.29, 0.717) is 22.5 Å². The van der Waals surface area contributed by atoms with Gasteiger partial charge in [0.05, 0.1) is 22.5 Å². The fourth-order valence-electron chi connectivity index (χ4n) is 2.80. The number of amides is 1. The van der Waals surface area contributed by atoms with E-state index in [1.54, 1.807) is 13.0 Å². The van der Waals surface area contributed by atoms with Crippen LogP contribution in [0.3, 0.4) is 0 Å². The fraction of sp³-hybridized carbons (Fsp3) is 0.316. The van der Waals surface area contributed by atoms with Crippen LogP contribution in [0.1, 0.15) is 23.6 Å². The highest BCUT2D eigenvalue weighted by atomic mass is 35.5. The normalized spacial score (nSPS) is 12.0. The van der Waals surface area contributed by atoms with E-state index in [0.717, 1.165) is 29.5 Å². The van der Waals surface area contributed by atoms with Gasteiger partial charge < -0.3 is 5.32 Å². The number of benzene rings is 2. The zero-order valence-corrected chi connectivity index (χ0v) is 17.5. The summed E-state index contributed by atoms with van der Waals surface area (Å²) in [6, 6.07) is 8.13. The van der Waals surface area contributed by atoms with E-state index < -0.39 is 39.2 Å². The number of sulfonamides is 1. The zero-order valence-electron chi connectivity index (χ0n) is 16.0. The van der Waals surface area contributed by atoms with Gasteiger partial charge in [-0.2, -0.15) is 13.2 Å². The number of rotatable bonds is 6. The minimum absolute atomic E-state index is 0.306. The first kappa shape index (κ1) is 23.0. The molecule has 0 saturated carbocycles. The van der Waals surface area contributed by atoms with E-state index in [9.17, 15) is 26.4 Å². The fourth-order valence-corrected chi connectivity index (χ4v) is 3.87. The van der Waals surface area contributed by atoms with E-state index in [-0.39, 0.29) is 5.69 Å². The lowest BCUT2D eigenvalue weighted by molar-refractivity contribution is -0.137. The molecule has 0 bridgehead atoms. The molecule has 1 N–H and O–H groups in total. The highest BCUT2D eigenvalue weighted by molar-refractivity contribution is 7.92. The Morgan fingerprint density at radius 2 is 1.86 bits per heavy atom. The van der Waals surface area contributed by atoms with Crippen LogP contribution in [0.5, 0.6) is 0 Å². The van der Waals surface area contributed by atoms with Crippen molar-refractivity contribution in [2.45, 2.75) is 26.4 Å². The number of nitrogens with one attached hydrogen (secondary N) is 1. The van der Waals surface area contributed by atoms with Crippen LogP contribution in [0.25, 0.3) is 0 Å². The Morgan fingerprint density at radius 3 is 2.41 bits per heavy atom. The van der Waals surface area contributed by atoms with Crippen LogP contribution in [0.4, 0.5) is 24.5 Å². The lowest BCUT2D eigenvalue weighted by atomic mass is 10.1. The number of aryl methyl sites for hydroxylation is 2. The maximum Gasteiger partial charge on any atom is 0.417 e. The summed E-state index contributed by atoms with van der Waals surface area (Å²) < 4.78 is 64.4. The number of halogens is 4. The summed E-state index contributed by atoms with van der Waals surface area (Å²) in [5.74, 6) is -0.678. The van der Waals surface area contributed by atoms with Crippen LogP contribution >= 0.6 is 11.6 Å². The molecule has 0 aromatic heterocycles. The van der Waals surface area contributed by atoms with Crippen LogP contribution < -0.4 is 9.62 Å². The molecule has 0 aliphatic heterocycles. The van der Waals surface area contributed by atoms with Gasteiger partial charge in [0.15, 0.2) is 0 Å². The van der Waals surface area contributed by atoms with E-state index in [2.05, 4.69) is 5.32 Å². The molecule has 0 atom stereocenters. The first-order valence-corrected chi connectivity index (χ1v) is 10.8. The monoisotopic (exact) mass is 448 g/mol. The smallest absolute Gasteiger partial charge is 0.324 e. The first-order valence-electron chi connectivity index (χ1n) is 8.57. The Morgan fingerprint density at radius 1 is 1.21 bits per heavy atom. The number of carbonyl (C=O) groups is 1. The standard InChI is InChI=1S/C19H20ClF3N2O3S/c1-4-13-7-5-6-12(2)18(13)24-17(26)11-25(29(3,27)28)14-8-9-16(20)15(10-14)19(21,22)23/h5-10H,4,11H2,1-3H3,(H,24,26). The molecule has 1 amide bonds. The van der Waals surface area contributed by atoms with Gasteiger partial charge in [-0.05, 0) is 42.7 Å². The second-order valence-corrected chi connectivity index (χ2v) is 8.76. The number of hydrogen-bond donors (Lipinski definition) is 1. The van der Waals surface area contributed by atoms with Gasteiger partial charge in [-0.1, -0.05) is 36.7 Å². The minimum atomic E-state index is -4.77. The van der Waals surface area contributed by atoms with E-state index >= 15 is 0 Å². The zero-order chi connectivity index (χ0) is 22.0. The van der Waals surface area contributed by atoms with E-state index in [4.69, 9.17) is 11.6 Å². The van der Waals surface area contributed by atoms with Crippen molar-refractivity contribution in [1.82, 2.24) is 0 Å². The topological polar surface area (TPSA) is 66.5 Å². The Bertz CT molecular complexity index is 1020. The third kappa shape index (κ3) is 5.63. The molecular formula is C19H20ClF3N2O3S. The predicted molar refractivity (Wildman–Crippen MR) is 108 cm³/mol. The molecule has 0 radical (unpaired) electrons. The molecule has 0 saturated heterocycles. The second-order valence-electron chi connectivity index (χ2n) is 6.44. The van der Waals surface area contributed by atoms with Crippen molar-refractivity contribution < 1.29 is 26.4 Å². The van der Waals surface area contributed by atoms with Gasteiger partial charge >= 0.3 is 6.18 Å². The lowest BCUT2D eigenvalue weighted by Crippen LogP contribution is -2.37. The number of anilines is 2. The number of carbonyl (C=O) groups excluding carboxylic acids is 1. The van der Waals surface area contributed by atoms with Crippen molar-refractivity contribution in [3.05, 3.63) is 58.1 Å². The van der Waals surface area contributed by atoms with Crippen molar-refractivity contribution in [2.75, 3.05) is 22.4 Å². The quantitative estimate of drug-likeness (QED) is 0.700. The Labute approximate surface area is 172 Å². The van der Waals surface area contributed by atoms with Crippen molar-refractivity contribution in [3.63, 3.8) is 0 Å². The van der Waals surface area contributed by atoms with Crippen molar-refractivity contribution in [3.8, 4) is 0 Å². The van der Waals surface area contributed by atoms with Gasteiger partial charge in [-0.15, -0.1) is 0 Å². The number of hydrogen-bond acceptors (Lipinski definition) is 3. The van der Waals surface area contributed by atoms with Crippen molar-refractivity contribution in [1.29, 1.82) is 0 Å². The summed E-state index contributed by atoms with van der Waals surface area (Å²) in [5, 5.41) is 2.10. The second kappa shape index (κ2) is 8.62. The summed E-state index contributed by atoms with van der Waals surface area (Å²) in [7, 11) is -4.04. The van der Waals surface area contributed by atoms with Crippen molar-refractivity contribution >= 4 is 38.9 Å². The first-order chi connectivity index (χ1) is 13.3. The molecule has 5 nitrogen and oxygen atoms in total. The maximum absolute atomic E-state index is 13.1. The molecule has 10 heteroatoms. The minimum Gasteiger partial charge on any atom is -0.324 e. The Hall–Kier alpha value is -2.26. The van der Waals surface area contributed by atoms with Crippen LogP contribution in [0, 0.1) is 6.92 Å². The Kier molecular flexibility index (Phi) is 6.85. The van der Waals surface area contributed by atoms with Gasteiger partial charge in [0, 0.05) is 5.69 Å². The summed E-state index contributed by atoms with van der Waals surface area (Å²) in [5.41, 5.74) is 0.711. The molecule has 0 heterocycles. The SMILES string of the molecule is CCc1cccc(C)c1NC(=O)CN(c1ccc(Cl)c(C(F)(F)F)c1)S(C)(=O)=O. The maximum atomic E-state index is 13.1. The third-order valence-electron chi connectivity index (χ3n) is 4.24. The molecule has 2 aromatic carbocycles. The lowest BCUT2D eigenvalue weighted by Gasteiger charge is -2.24. The van der Waals surface area contributed by atoms with Gasteiger partial charge in [0.1, 0.15) is 6.54 Å². The molecule has 0 aliphatic carbocycles. The van der Waals surface area contributed by atoms with E-state index in [1.165, 1.54) is 0 Å². The molecule has 0 fully saturated rings. The number of para-hydroxylation sites is 1. The van der Waals surface area contributed by atoms with Crippen LogP contribution in [0.2, 0.25) is 5.02 Å². The van der Waals surface area contributed by atoms with Gasteiger partial charge in [0.2, 0.25) is 15.9 Å². The highest BCUT2D eigenvalue weighted by Crippen LogP contribution is 2.37. The van der Waals surface area contributed by atoms with Gasteiger partial charge in [0.25, 0.3) is 0 Å². The van der Waals surface area contributed by atoms with Gasteiger partial charge in [-0.3, -0.25) is 9.10 Å². The molecule has 2 aromatic rings. The molecule has 158 valence electrons. The largest absolute Gasteiger partial charge is 0.417 e. The molecule has 0 unspecified atom stereocenters. The third-order valence-corrected chi connectivity index (χ3v) is 5.71. The summed E-state index contributed by atoms with van der Waals surface area (Å²) in [6.45, 7) is 3.01. The molecule has 0 spiro atoms. The summed E-state index contributed by atoms with van der Waals surface area (Å²) >= 11 is 5.60. The van der Waals surface area contributed by atoms with E-state index in [1.807, 2.05) is 19.1 Å². The van der Waals surface area contributed by atoms with Gasteiger partial charge in [-0.25, -0.2) is 8.42 Å². The van der Waals surface area contributed by atoms with Crippen LogP contribution in [-0.2, 0) is 27.4 Å². The molecular weight excluding hydrogens is 429 g/mol. The highest BCUT2D eigenvalue weighted by Gasteiger charge is 2.34. The van der Waals surface area contributed by atoms with Crippen LogP contribution in [-0.4, -0.2) is 27.1 Å². The summed E-state index contributed by atoms with van der Waals surface area (Å²) in [4.78, 5) is 12.5.